The van der Waals surface area contributed by atoms with E-state index in [9.17, 15) is 32.1 Å². The van der Waals surface area contributed by atoms with Crippen molar-refractivity contribution in [3.8, 4) is 0 Å². The molecular formula is C29H29N5O8S2. The smallest absolute Gasteiger partial charge is 0.294 e. The molecule has 230 valence electrons. The lowest BCUT2D eigenvalue weighted by molar-refractivity contribution is -0.384. The lowest BCUT2D eigenvalue weighted by Crippen LogP contribution is -2.30. The molecule has 4 aromatic rings. The lowest BCUT2D eigenvalue weighted by Gasteiger charge is -2.11. The number of nitro groups is 1. The van der Waals surface area contributed by atoms with Crippen LogP contribution in [0.3, 0.4) is 0 Å². The molecule has 0 fully saturated rings. The number of anilines is 2. The number of ether oxygens (including phenoxy) is 1. The van der Waals surface area contributed by atoms with Crippen molar-refractivity contribution in [2.45, 2.75) is 35.8 Å². The third kappa shape index (κ3) is 8.75. The molecule has 0 radical (unpaired) electrons. The fraction of sp³-hybridized carbons (Fsp3) is 0.172. The minimum Gasteiger partial charge on any atom is -0.391 e. The molecule has 13 nitrogen and oxygen atoms in total. The number of rotatable bonds is 14. The van der Waals surface area contributed by atoms with Crippen LogP contribution in [0.15, 0.2) is 117 Å². The first-order valence-corrected chi connectivity index (χ1v) is 16.2. The zero-order valence-electron chi connectivity index (χ0n) is 23.4. The molecule has 0 bridgehead atoms. The monoisotopic (exact) mass is 639 g/mol. The highest BCUT2D eigenvalue weighted by Gasteiger charge is 2.27. The van der Waals surface area contributed by atoms with Gasteiger partial charge in [-0.25, -0.2) is 16.8 Å². The molecule has 0 aliphatic heterocycles. The average Bonchev–Trinajstić information content (AvgIpc) is 3.01. The Bertz CT molecular complexity index is 1830. The van der Waals surface area contributed by atoms with Gasteiger partial charge in [-0.1, -0.05) is 37.3 Å². The maximum absolute atomic E-state index is 12.8. The molecule has 15 heteroatoms. The highest BCUT2D eigenvalue weighted by atomic mass is 32.3. The van der Waals surface area contributed by atoms with E-state index in [-0.39, 0.29) is 17.2 Å². The van der Waals surface area contributed by atoms with Crippen LogP contribution in [0.25, 0.3) is 0 Å². The number of nitrogens with one attached hydrogen (secondary N) is 2. The number of azo groups is 1. The summed E-state index contributed by atoms with van der Waals surface area (Å²) in [7, 11) is -9.11. The molecule has 44 heavy (non-hydrogen) atoms. The number of aliphatic hydroxyl groups is 1. The van der Waals surface area contributed by atoms with Crippen molar-refractivity contribution in [1.82, 2.24) is 4.13 Å². The van der Waals surface area contributed by atoms with E-state index < -0.39 is 41.7 Å². The summed E-state index contributed by atoms with van der Waals surface area (Å²) < 4.78 is 57.7. The van der Waals surface area contributed by atoms with Crippen LogP contribution in [0.1, 0.15) is 18.9 Å². The molecule has 4 rings (SSSR count). The van der Waals surface area contributed by atoms with Crippen LogP contribution in [0.2, 0.25) is 0 Å². The zero-order chi connectivity index (χ0) is 31.7. The Hall–Kier alpha value is -4.54. The number of nitrogens with zero attached hydrogens (tertiary/aromatic N) is 3. The van der Waals surface area contributed by atoms with Gasteiger partial charge in [-0.15, -0.1) is 4.13 Å². The van der Waals surface area contributed by atoms with E-state index in [1.54, 1.807) is 46.6 Å². The van der Waals surface area contributed by atoms with E-state index in [1.807, 2.05) is 19.1 Å². The lowest BCUT2D eigenvalue weighted by atomic mass is 10.2. The molecule has 0 saturated heterocycles. The number of hydrogen-bond donors (Lipinski definition) is 3. The number of hydrogen-bond acceptors (Lipinski definition) is 11. The molecule has 1 atom stereocenters. The number of nitro benzene ring substituents is 1. The Kier molecular flexibility index (Phi) is 10.5. The van der Waals surface area contributed by atoms with Gasteiger partial charge in [0.15, 0.2) is 0 Å². The van der Waals surface area contributed by atoms with Gasteiger partial charge < -0.3 is 15.2 Å². The second kappa shape index (κ2) is 14.3. The third-order valence-corrected chi connectivity index (χ3v) is 9.69. The van der Waals surface area contributed by atoms with Crippen molar-refractivity contribution in [1.29, 1.82) is 0 Å². The van der Waals surface area contributed by atoms with Gasteiger partial charge in [0.25, 0.3) is 25.7 Å². The van der Waals surface area contributed by atoms with Crippen molar-refractivity contribution in [3.63, 3.8) is 0 Å². The minimum absolute atomic E-state index is 0.0116. The van der Waals surface area contributed by atoms with Crippen molar-refractivity contribution >= 4 is 48.5 Å². The maximum Gasteiger partial charge on any atom is 0.294 e. The number of aliphatic hydroxyl groups excluding tert-OH is 1. The van der Waals surface area contributed by atoms with E-state index in [0.29, 0.717) is 30.1 Å². The van der Waals surface area contributed by atoms with E-state index in [2.05, 4.69) is 15.5 Å². The first kappa shape index (κ1) is 32.4. The Morgan fingerprint density at radius 1 is 0.841 bits per heavy atom. The van der Waals surface area contributed by atoms with Crippen LogP contribution >= 0.6 is 0 Å². The summed E-state index contributed by atoms with van der Waals surface area (Å²) in [5.74, 6) is 0. The maximum atomic E-state index is 12.8. The largest absolute Gasteiger partial charge is 0.391 e. The fourth-order valence-corrected chi connectivity index (χ4v) is 6.70. The summed E-state index contributed by atoms with van der Waals surface area (Å²) in [4.78, 5) is 10.1. The normalized spacial score (nSPS) is 12.7. The fourth-order valence-electron chi connectivity index (χ4n) is 3.75. The van der Waals surface area contributed by atoms with Crippen LogP contribution in [0.4, 0.5) is 28.4 Å². The quantitative estimate of drug-likeness (QED) is 0.0881. The Morgan fingerprint density at radius 3 is 2.02 bits per heavy atom. The first-order chi connectivity index (χ1) is 21.0. The Labute approximate surface area is 254 Å². The second-order valence-corrected chi connectivity index (χ2v) is 13.1. The molecule has 0 amide bonds. The topological polar surface area (TPSA) is 190 Å². The van der Waals surface area contributed by atoms with Gasteiger partial charge in [-0.2, -0.15) is 10.2 Å². The van der Waals surface area contributed by atoms with Gasteiger partial charge in [0.05, 0.1) is 45.4 Å². The molecule has 0 spiro atoms. The molecule has 0 aliphatic carbocycles. The van der Waals surface area contributed by atoms with E-state index in [4.69, 9.17) is 4.74 Å². The van der Waals surface area contributed by atoms with Gasteiger partial charge in [0, 0.05) is 11.8 Å². The van der Waals surface area contributed by atoms with Crippen LogP contribution < -0.4 is 9.44 Å². The van der Waals surface area contributed by atoms with Gasteiger partial charge in [-0.3, -0.25) is 10.1 Å². The molecule has 4 aromatic carbocycles. The minimum atomic E-state index is -4.67. The van der Waals surface area contributed by atoms with Crippen LogP contribution in [-0.2, 0) is 31.4 Å². The molecule has 0 saturated carbocycles. The molecule has 0 heterocycles. The number of benzene rings is 4. The third-order valence-electron chi connectivity index (χ3n) is 6.16. The first-order valence-electron chi connectivity index (χ1n) is 13.2. The molecule has 3 N–H and O–H groups in total. The molecule has 1 unspecified atom stereocenters. The predicted molar refractivity (Wildman–Crippen MR) is 163 cm³/mol. The van der Waals surface area contributed by atoms with Gasteiger partial charge in [-0.05, 0) is 72.6 Å². The number of sulfonamides is 2. The summed E-state index contributed by atoms with van der Waals surface area (Å²) in [6, 6.07) is 23.6. The van der Waals surface area contributed by atoms with Gasteiger partial charge >= 0.3 is 0 Å². The molecular weight excluding hydrogens is 610 g/mol. The second-order valence-electron chi connectivity index (χ2n) is 9.45. The summed E-state index contributed by atoms with van der Waals surface area (Å²) >= 11 is 0. The van der Waals surface area contributed by atoms with Crippen LogP contribution in [0.5, 0.6) is 0 Å². The van der Waals surface area contributed by atoms with Gasteiger partial charge in [0.1, 0.15) is 5.69 Å². The predicted octanol–water partition coefficient (Wildman–Crippen LogP) is 5.71. The summed E-state index contributed by atoms with van der Waals surface area (Å²) in [6.07, 6.45) is 0.139. The van der Waals surface area contributed by atoms with Gasteiger partial charge in [0.2, 0.25) is 0 Å². The summed E-state index contributed by atoms with van der Waals surface area (Å²) in [5, 5.41) is 32.6. The van der Waals surface area contributed by atoms with E-state index in [1.165, 1.54) is 30.3 Å². The highest BCUT2D eigenvalue weighted by Crippen LogP contribution is 2.31. The Balaban J connectivity index is 1.42. The van der Waals surface area contributed by atoms with Crippen molar-refractivity contribution < 1.29 is 31.6 Å². The highest BCUT2D eigenvalue weighted by molar-refractivity contribution is 8.04. The standard InChI is InChI=1S/C29H29N5O8S2/c1-2-25(35)20-42-19-21-8-10-23(11-9-21)31-32-24-14-12-22(13-15-24)30-28-17-16-27(18-29(28)34(36)37)44(40,41)33-43(38,39)26-6-4-3-5-7-26/h3-18,25,30,33,35H,2,19-20H2,1H3. The van der Waals surface area contributed by atoms with Crippen LogP contribution in [0, 0.1) is 10.1 Å². The van der Waals surface area contributed by atoms with Crippen LogP contribution in [-0.4, -0.2) is 39.6 Å². The zero-order valence-corrected chi connectivity index (χ0v) is 25.0. The van der Waals surface area contributed by atoms with E-state index >= 15 is 0 Å². The Morgan fingerprint density at radius 2 is 1.43 bits per heavy atom. The van der Waals surface area contributed by atoms with Crippen molar-refractivity contribution in [3.05, 3.63) is 113 Å². The van der Waals surface area contributed by atoms with Crippen molar-refractivity contribution in [2.24, 2.45) is 10.2 Å². The average molecular weight is 640 g/mol. The SMILES string of the molecule is CCC(O)COCc1ccc(N=Nc2ccc(Nc3ccc(S(=O)(=O)NS(=O)(=O)c4ccccc4)cc3[N+](=O)[O-])cc2)cc1. The molecule has 0 aliphatic rings. The van der Waals surface area contributed by atoms with Crippen molar-refractivity contribution in [2.75, 3.05) is 11.9 Å². The van der Waals surface area contributed by atoms with E-state index in [0.717, 1.165) is 17.7 Å². The molecule has 0 aromatic heterocycles. The summed E-state index contributed by atoms with van der Waals surface area (Å²) in [5.41, 5.74) is 1.91. The summed E-state index contributed by atoms with van der Waals surface area (Å²) in [6.45, 7) is 2.51.